The number of halogens is 2. The van der Waals surface area contributed by atoms with Crippen LogP contribution in [0, 0.1) is 11.3 Å². The molecule has 0 aliphatic carbocycles. The molecule has 2 N–H and O–H groups in total. The zero-order valence-electron chi connectivity index (χ0n) is 19.5. The van der Waals surface area contributed by atoms with Crippen LogP contribution in [0.4, 0.5) is 8.78 Å². The molecule has 1 aliphatic heterocycles. The summed E-state index contributed by atoms with van der Waals surface area (Å²) in [7, 11) is 0. The molecule has 10 nitrogen and oxygen atoms in total. The Morgan fingerprint density at radius 3 is 2.86 bits per heavy atom. The number of carbonyl (C=O) groups excluding carboxylic acids is 1. The zero-order valence-corrected chi connectivity index (χ0v) is 19.5. The normalized spacial score (nSPS) is 15.4. The molecule has 2 aromatic carbocycles. The van der Waals surface area contributed by atoms with Crippen LogP contribution in [-0.2, 0) is 22.5 Å². The number of nitrogens with zero attached hydrogens (tertiary/aromatic N) is 4. The Balaban J connectivity index is 1.46. The highest BCUT2D eigenvalue weighted by Gasteiger charge is 2.20. The van der Waals surface area contributed by atoms with Crippen molar-refractivity contribution >= 4 is 27.7 Å². The van der Waals surface area contributed by atoms with Crippen LogP contribution in [0.3, 0.4) is 0 Å². The van der Waals surface area contributed by atoms with Crippen LogP contribution in [0.5, 0.6) is 5.75 Å². The molecule has 0 spiro atoms. The summed E-state index contributed by atoms with van der Waals surface area (Å²) in [5.41, 5.74) is 1.17. The summed E-state index contributed by atoms with van der Waals surface area (Å²) in [5, 5.41) is 17.7. The monoisotopic (exact) mass is 508 g/mol. The highest BCUT2D eigenvalue weighted by molar-refractivity contribution is 5.85. The summed E-state index contributed by atoms with van der Waals surface area (Å²) in [5.74, 6) is 0.153. The van der Waals surface area contributed by atoms with Gasteiger partial charge < -0.3 is 19.8 Å². The number of hydrogen-bond acceptors (Lipinski definition) is 7. The molecule has 1 fully saturated rings. The molecular formula is C25H22F2N6O4. The number of aromatic amines is 1. The minimum atomic E-state index is -2.68. The van der Waals surface area contributed by atoms with Crippen molar-refractivity contribution in [2.75, 3.05) is 19.8 Å². The van der Waals surface area contributed by atoms with Gasteiger partial charge in [0.25, 0.3) is 12.0 Å². The number of rotatable bonds is 8. The van der Waals surface area contributed by atoms with Gasteiger partial charge in [-0.05, 0) is 18.6 Å². The van der Waals surface area contributed by atoms with Crippen LogP contribution in [0.2, 0.25) is 0 Å². The largest absolute Gasteiger partial charge is 0.486 e. The first-order chi connectivity index (χ1) is 17.9. The van der Waals surface area contributed by atoms with Gasteiger partial charge >= 0.3 is 0 Å². The van der Waals surface area contributed by atoms with Crippen molar-refractivity contribution < 1.29 is 23.0 Å². The number of imidazole rings is 1. The van der Waals surface area contributed by atoms with E-state index >= 15 is 0 Å². The maximum absolute atomic E-state index is 13.0. The molecular weight excluding hydrogens is 486 g/mol. The Morgan fingerprint density at radius 2 is 2.14 bits per heavy atom. The van der Waals surface area contributed by atoms with Gasteiger partial charge in [-0.15, -0.1) is 0 Å². The van der Waals surface area contributed by atoms with Gasteiger partial charge in [0.15, 0.2) is 0 Å². The van der Waals surface area contributed by atoms with Crippen molar-refractivity contribution in [3.8, 4) is 11.8 Å². The second-order valence-electron chi connectivity index (χ2n) is 8.62. The van der Waals surface area contributed by atoms with E-state index in [1.165, 1.54) is 12.1 Å². The molecule has 190 valence electrons. The SMILES string of the molecule is N#Cc1cc2[nH]c(Cc3nn(CC(=O)NC4CCOC4)c(=O)c4ccccc34)nc2cc1OCC(F)F. The topological polar surface area (TPSA) is 135 Å². The first kappa shape index (κ1) is 24.3. The minimum Gasteiger partial charge on any atom is -0.486 e. The van der Waals surface area contributed by atoms with Gasteiger partial charge in [-0.3, -0.25) is 9.59 Å². The standard InChI is InChI=1S/C25H22F2N6O4/c26-22(27)13-37-21-8-20-19(7-14(21)10-28)30-23(31-20)9-18-16-3-1-2-4-17(16)25(35)33(32-18)11-24(34)29-15-5-6-36-12-15/h1-4,7-8,15,22H,5-6,9,11-13H2,(H,29,34)(H,30,31). The minimum absolute atomic E-state index is 0.0177. The Hall–Kier alpha value is -4.37. The summed E-state index contributed by atoms with van der Waals surface area (Å²) >= 11 is 0. The van der Waals surface area contributed by atoms with E-state index in [2.05, 4.69) is 20.4 Å². The lowest BCUT2D eigenvalue weighted by Gasteiger charge is -2.13. The maximum Gasteiger partial charge on any atom is 0.275 e. The number of ether oxygens (including phenoxy) is 2. The lowest BCUT2D eigenvalue weighted by atomic mass is 10.1. The van der Waals surface area contributed by atoms with Gasteiger partial charge in [0, 0.05) is 18.1 Å². The van der Waals surface area contributed by atoms with Gasteiger partial charge in [0.2, 0.25) is 5.91 Å². The third kappa shape index (κ3) is 5.26. The Kier molecular flexibility index (Phi) is 6.78. The number of benzene rings is 2. The third-order valence-electron chi connectivity index (χ3n) is 5.98. The Bertz CT molecular complexity index is 1570. The molecule has 1 unspecified atom stereocenters. The number of nitriles is 1. The Morgan fingerprint density at radius 1 is 1.32 bits per heavy atom. The molecule has 1 saturated heterocycles. The van der Waals surface area contributed by atoms with Crippen molar-refractivity contribution in [1.29, 1.82) is 5.26 Å². The van der Waals surface area contributed by atoms with Gasteiger partial charge in [-0.2, -0.15) is 10.4 Å². The summed E-state index contributed by atoms with van der Waals surface area (Å²) in [6.07, 6.45) is -1.78. The predicted molar refractivity (Wildman–Crippen MR) is 128 cm³/mol. The van der Waals surface area contributed by atoms with Crippen LogP contribution >= 0.6 is 0 Å². The van der Waals surface area contributed by atoms with Crippen LogP contribution in [0.25, 0.3) is 21.8 Å². The molecule has 5 rings (SSSR count). The number of nitrogens with one attached hydrogen (secondary N) is 2. The predicted octanol–water partition coefficient (Wildman–Crippen LogP) is 2.28. The van der Waals surface area contributed by atoms with Crippen LogP contribution in [-0.4, -0.2) is 57.9 Å². The van der Waals surface area contributed by atoms with Crippen molar-refractivity contribution in [2.24, 2.45) is 0 Å². The number of carbonyl (C=O) groups is 1. The first-order valence-corrected chi connectivity index (χ1v) is 11.6. The Labute approximate surface area is 208 Å². The molecule has 0 saturated carbocycles. The summed E-state index contributed by atoms with van der Waals surface area (Å²) in [6, 6.07) is 11.7. The second kappa shape index (κ2) is 10.3. The first-order valence-electron chi connectivity index (χ1n) is 11.6. The quantitative estimate of drug-likeness (QED) is 0.373. The van der Waals surface area contributed by atoms with E-state index in [1.807, 2.05) is 6.07 Å². The third-order valence-corrected chi connectivity index (χ3v) is 5.98. The van der Waals surface area contributed by atoms with Gasteiger partial charge in [-0.1, -0.05) is 18.2 Å². The number of alkyl halides is 2. The summed E-state index contributed by atoms with van der Waals surface area (Å²) in [6.45, 7) is -0.0676. The molecule has 3 heterocycles. The number of H-pyrrole nitrogens is 1. The maximum atomic E-state index is 13.0. The van der Waals surface area contributed by atoms with Crippen molar-refractivity contribution in [2.45, 2.75) is 31.9 Å². The number of aromatic nitrogens is 4. The fourth-order valence-corrected chi connectivity index (χ4v) is 4.29. The highest BCUT2D eigenvalue weighted by atomic mass is 19.3. The molecule has 1 aliphatic rings. The molecule has 12 heteroatoms. The molecule has 37 heavy (non-hydrogen) atoms. The molecule has 0 bridgehead atoms. The number of hydrogen-bond donors (Lipinski definition) is 2. The molecule has 1 amide bonds. The van der Waals surface area contributed by atoms with E-state index in [0.717, 1.165) is 4.68 Å². The van der Waals surface area contributed by atoms with E-state index in [-0.39, 0.29) is 41.8 Å². The molecule has 0 radical (unpaired) electrons. The van der Waals surface area contributed by atoms with Crippen molar-refractivity contribution in [1.82, 2.24) is 25.1 Å². The smallest absolute Gasteiger partial charge is 0.275 e. The van der Waals surface area contributed by atoms with Gasteiger partial charge in [-0.25, -0.2) is 18.4 Å². The molecule has 4 aromatic rings. The average molecular weight is 508 g/mol. The van der Waals surface area contributed by atoms with Gasteiger partial charge in [0.1, 0.15) is 30.8 Å². The summed E-state index contributed by atoms with van der Waals surface area (Å²) in [4.78, 5) is 33.2. The van der Waals surface area contributed by atoms with Gasteiger partial charge in [0.05, 0.1) is 46.7 Å². The fraction of sp³-hybridized carbons (Fsp3) is 0.320. The molecule has 1 atom stereocenters. The fourth-order valence-electron chi connectivity index (χ4n) is 4.29. The lowest BCUT2D eigenvalue weighted by Crippen LogP contribution is -2.40. The van der Waals surface area contributed by atoms with Crippen molar-refractivity contribution in [3.63, 3.8) is 0 Å². The van der Waals surface area contributed by atoms with Crippen LogP contribution in [0.15, 0.2) is 41.2 Å². The highest BCUT2D eigenvalue weighted by Crippen LogP contribution is 2.26. The van der Waals surface area contributed by atoms with Crippen LogP contribution in [0.1, 0.15) is 23.5 Å². The van der Waals surface area contributed by atoms with E-state index in [4.69, 9.17) is 9.47 Å². The lowest BCUT2D eigenvalue weighted by molar-refractivity contribution is -0.122. The van der Waals surface area contributed by atoms with Crippen LogP contribution < -0.4 is 15.6 Å². The molecule has 2 aromatic heterocycles. The van der Waals surface area contributed by atoms with Crippen molar-refractivity contribution in [3.05, 3.63) is 63.8 Å². The average Bonchev–Trinajstić information content (AvgIpc) is 3.53. The second-order valence-corrected chi connectivity index (χ2v) is 8.62. The van der Waals surface area contributed by atoms with E-state index in [1.54, 1.807) is 24.3 Å². The van der Waals surface area contributed by atoms with E-state index < -0.39 is 13.0 Å². The zero-order chi connectivity index (χ0) is 25.9. The number of amides is 1. The number of fused-ring (bicyclic) bond motifs is 2. The van der Waals surface area contributed by atoms with E-state index in [9.17, 15) is 23.6 Å². The van der Waals surface area contributed by atoms with E-state index in [0.29, 0.717) is 53.0 Å². The summed E-state index contributed by atoms with van der Waals surface area (Å²) < 4.78 is 36.7.